The van der Waals surface area contributed by atoms with E-state index in [1.165, 1.54) is 48.5 Å². The molecule has 0 fully saturated rings. The number of benzene rings is 4. The molecule has 0 aliphatic carbocycles. The fraction of sp³-hybridized carbons (Fsp3) is 0.125. The summed E-state index contributed by atoms with van der Waals surface area (Å²) in [5.41, 5.74) is 2.63. The van der Waals surface area contributed by atoms with E-state index in [1.54, 1.807) is 27.7 Å². The molecule has 0 saturated carbocycles. The summed E-state index contributed by atoms with van der Waals surface area (Å²) in [6.45, 7) is 6.73. The van der Waals surface area contributed by atoms with Gasteiger partial charge in [0.2, 0.25) is 39.3 Å². The molecule has 242 valence electrons. The minimum absolute atomic E-state index is 0.504. The van der Waals surface area contributed by atoms with Crippen LogP contribution in [-0.4, -0.2) is 33.7 Å². The number of allylic oxidation sites excluding steroid dienone is 2. The van der Waals surface area contributed by atoms with Crippen molar-refractivity contribution in [3.8, 4) is 0 Å². The Labute approximate surface area is 279 Å². The first-order chi connectivity index (χ1) is 21.3. The Morgan fingerprint density at radius 1 is 0.348 bits per heavy atom. The van der Waals surface area contributed by atoms with Gasteiger partial charge in [-0.25, -0.2) is 33.7 Å². The van der Waals surface area contributed by atoms with Gasteiger partial charge >= 0.3 is 0 Å². The molecule has 0 aliphatic heterocycles. The van der Waals surface area contributed by atoms with E-state index in [-0.39, 0.29) is 0 Å². The minimum atomic E-state index is -5.09. The van der Waals surface area contributed by atoms with E-state index in [4.69, 9.17) is 23.2 Å². The summed E-state index contributed by atoms with van der Waals surface area (Å²) in [4.78, 5) is -2.02. The number of rotatable bonds is 9. The molecule has 0 amide bonds. The lowest BCUT2D eigenvalue weighted by Gasteiger charge is -2.17. The smallest absolute Gasteiger partial charge is 0.218 e. The first kappa shape index (κ1) is 35.6. The van der Waals surface area contributed by atoms with Crippen LogP contribution in [0.4, 0.5) is 0 Å². The molecule has 14 heteroatoms. The molecule has 0 spiro atoms. The predicted octanol–water partition coefficient (Wildman–Crippen LogP) is 6.93. The molecule has 0 atom stereocenters. The van der Waals surface area contributed by atoms with E-state index >= 15 is 0 Å². The largest absolute Gasteiger partial charge is 0.219 e. The lowest BCUT2D eigenvalue weighted by atomic mass is 10.2. The van der Waals surface area contributed by atoms with Gasteiger partial charge in [-0.15, -0.1) is 0 Å². The van der Waals surface area contributed by atoms with Crippen molar-refractivity contribution >= 4 is 62.6 Å². The molecular weight excluding hydrogens is 712 g/mol. The van der Waals surface area contributed by atoms with Crippen molar-refractivity contribution in [2.45, 2.75) is 47.3 Å². The summed E-state index contributed by atoms with van der Waals surface area (Å²) in [5.74, 6) is 0. The highest BCUT2D eigenvalue weighted by molar-refractivity contribution is 8.15. The van der Waals surface area contributed by atoms with Gasteiger partial charge in [0.05, 0.1) is 29.6 Å². The third kappa shape index (κ3) is 6.87. The molecule has 0 unspecified atom stereocenters. The number of aryl methyl sites for hydroxylation is 4. The predicted molar refractivity (Wildman–Crippen MR) is 179 cm³/mol. The molecule has 4 aromatic carbocycles. The van der Waals surface area contributed by atoms with Crippen molar-refractivity contribution in [2.24, 2.45) is 0 Å². The van der Waals surface area contributed by atoms with Crippen LogP contribution in [-0.2, 0) is 39.3 Å². The molecule has 8 nitrogen and oxygen atoms in total. The summed E-state index contributed by atoms with van der Waals surface area (Å²) in [6.07, 6.45) is 0. The highest BCUT2D eigenvalue weighted by Crippen LogP contribution is 2.42. The molecular formula is C32H28Cl2O8S4. The SMILES string of the molecule is Cc1ccc(S(=O)(=O)C(=C(Cl)C(Cl)=C(S(=O)(=O)c2ccc(C)cc2)S(=O)(=O)c2ccc(C)cc2)S(=O)(=O)c2ccc(C)cc2)cc1. The Morgan fingerprint density at radius 2 is 0.500 bits per heavy atom. The topological polar surface area (TPSA) is 137 Å². The average Bonchev–Trinajstić information content (AvgIpc) is 2.97. The standard InChI is InChI=1S/C32H28Cl2O8S4/c1-21-5-13-25(14-6-21)43(35,36)31(44(37,38)26-15-7-22(2)8-16-26)29(33)30(34)32(45(39,40)27-17-9-23(3)10-18-27)46(41,42)28-19-11-24(4)12-20-28/h5-20H,1-4H3. The first-order valence-corrected chi connectivity index (χ1v) is 20.1. The van der Waals surface area contributed by atoms with Crippen LogP contribution in [0.5, 0.6) is 0 Å². The Bertz CT molecular complexity index is 1980. The number of hydrogen-bond acceptors (Lipinski definition) is 8. The molecule has 0 N–H and O–H groups in total. The zero-order valence-electron chi connectivity index (χ0n) is 24.9. The minimum Gasteiger partial charge on any atom is -0.218 e. The third-order valence-corrected chi connectivity index (χ3v) is 17.1. The summed E-state index contributed by atoms with van der Waals surface area (Å²) in [6, 6.07) is 20.5. The normalized spacial score (nSPS) is 12.4. The van der Waals surface area contributed by atoms with E-state index in [0.717, 1.165) is 48.5 Å². The van der Waals surface area contributed by atoms with Crippen LogP contribution in [0.3, 0.4) is 0 Å². The average molecular weight is 740 g/mol. The van der Waals surface area contributed by atoms with Crippen LogP contribution in [0.2, 0.25) is 0 Å². The highest BCUT2D eigenvalue weighted by atomic mass is 35.5. The molecule has 0 radical (unpaired) electrons. The second-order valence-corrected chi connectivity index (χ2v) is 19.3. The van der Waals surface area contributed by atoms with Crippen LogP contribution in [0.15, 0.2) is 135 Å². The molecule has 0 aromatic heterocycles. The Morgan fingerprint density at radius 3 is 0.652 bits per heavy atom. The van der Waals surface area contributed by atoms with Crippen LogP contribution in [0.25, 0.3) is 0 Å². The first-order valence-electron chi connectivity index (χ1n) is 13.4. The van der Waals surface area contributed by atoms with Gasteiger partial charge in [-0.05, 0) is 76.2 Å². The number of hydrogen-bond donors (Lipinski definition) is 0. The Balaban J connectivity index is 2.21. The fourth-order valence-corrected chi connectivity index (χ4v) is 13.5. The van der Waals surface area contributed by atoms with Gasteiger partial charge in [-0.1, -0.05) is 94.0 Å². The third-order valence-electron chi connectivity index (χ3n) is 6.85. The zero-order chi connectivity index (χ0) is 34.2. The second kappa shape index (κ2) is 13.1. The van der Waals surface area contributed by atoms with Crippen LogP contribution < -0.4 is 0 Å². The van der Waals surface area contributed by atoms with Gasteiger partial charge in [0.25, 0.3) is 0 Å². The van der Waals surface area contributed by atoms with Crippen LogP contribution in [0.1, 0.15) is 22.3 Å². The fourth-order valence-electron chi connectivity index (χ4n) is 4.24. The van der Waals surface area contributed by atoms with E-state index in [9.17, 15) is 33.7 Å². The van der Waals surface area contributed by atoms with Crippen LogP contribution >= 0.6 is 23.2 Å². The van der Waals surface area contributed by atoms with Gasteiger partial charge in [0.1, 0.15) is 0 Å². The quantitative estimate of drug-likeness (QED) is 0.169. The summed E-state index contributed by atoms with van der Waals surface area (Å²) in [7, 11) is -20.4. The molecule has 0 saturated heterocycles. The molecule has 0 heterocycles. The van der Waals surface area contributed by atoms with Gasteiger partial charge in [0.15, 0.2) is 8.47 Å². The van der Waals surface area contributed by atoms with Crippen molar-refractivity contribution in [1.82, 2.24) is 0 Å². The number of sulfone groups is 4. The Kier molecular flexibility index (Phi) is 10.1. The maximum atomic E-state index is 14.1. The van der Waals surface area contributed by atoms with Gasteiger partial charge < -0.3 is 0 Å². The molecule has 0 bridgehead atoms. The van der Waals surface area contributed by atoms with Crippen molar-refractivity contribution in [3.63, 3.8) is 0 Å². The molecule has 4 aromatic rings. The number of halogens is 2. The molecule has 0 aliphatic rings. The Hall–Kier alpha value is -3.26. The van der Waals surface area contributed by atoms with E-state index in [2.05, 4.69) is 0 Å². The molecule has 4 rings (SSSR count). The lowest BCUT2D eigenvalue weighted by molar-refractivity contribution is 0.591. The van der Waals surface area contributed by atoms with E-state index in [0.29, 0.717) is 22.3 Å². The monoisotopic (exact) mass is 738 g/mol. The maximum Gasteiger partial charge on any atom is 0.219 e. The van der Waals surface area contributed by atoms with Gasteiger partial charge in [0, 0.05) is 0 Å². The lowest BCUT2D eigenvalue weighted by Crippen LogP contribution is -2.20. The van der Waals surface area contributed by atoms with E-state index < -0.39 is 77.5 Å². The van der Waals surface area contributed by atoms with Crippen molar-refractivity contribution in [2.75, 3.05) is 0 Å². The summed E-state index contributed by atoms with van der Waals surface area (Å²) < 4.78 is 110. The molecule has 46 heavy (non-hydrogen) atoms. The van der Waals surface area contributed by atoms with Crippen molar-refractivity contribution in [3.05, 3.63) is 138 Å². The van der Waals surface area contributed by atoms with Gasteiger partial charge in [-0.3, -0.25) is 0 Å². The maximum absolute atomic E-state index is 14.1. The second-order valence-electron chi connectivity index (χ2n) is 10.5. The summed E-state index contributed by atoms with van der Waals surface area (Å²) in [5, 5.41) is -2.63. The summed E-state index contributed by atoms with van der Waals surface area (Å²) >= 11 is 13.1. The van der Waals surface area contributed by atoms with Crippen molar-refractivity contribution < 1.29 is 33.7 Å². The van der Waals surface area contributed by atoms with Crippen molar-refractivity contribution in [1.29, 1.82) is 0 Å². The van der Waals surface area contributed by atoms with E-state index in [1.807, 2.05) is 0 Å². The van der Waals surface area contributed by atoms with Gasteiger partial charge in [-0.2, -0.15) is 0 Å². The van der Waals surface area contributed by atoms with Crippen LogP contribution in [0, 0.1) is 27.7 Å². The highest BCUT2D eigenvalue weighted by Gasteiger charge is 2.42. The zero-order valence-corrected chi connectivity index (χ0v) is 29.7.